The molecule has 2 aromatic carbocycles. The third kappa shape index (κ3) is 4.12. The molecule has 1 aliphatic carbocycles. The molecule has 1 saturated carbocycles. The highest BCUT2D eigenvalue weighted by Gasteiger charge is 2.25. The molecule has 1 aliphatic rings. The Morgan fingerprint density at radius 1 is 1.22 bits per heavy atom. The zero-order chi connectivity index (χ0) is 22.8. The lowest BCUT2D eigenvalue weighted by Crippen LogP contribution is -2.31. The second-order valence-electron chi connectivity index (χ2n) is 7.92. The van der Waals surface area contributed by atoms with Crippen LogP contribution >= 0.6 is 0 Å². The topological polar surface area (TPSA) is 68.5 Å². The Morgan fingerprint density at radius 3 is 2.53 bits per heavy atom. The van der Waals surface area contributed by atoms with E-state index in [-0.39, 0.29) is 22.9 Å². The maximum atomic E-state index is 15.2. The summed E-state index contributed by atoms with van der Waals surface area (Å²) in [5.74, 6) is -1.22. The van der Waals surface area contributed by atoms with Crippen LogP contribution in [-0.2, 0) is 0 Å². The van der Waals surface area contributed by atoms with Crippen LogP contribution in [0.1, 0.15) is 30.7 Å². The molecule has 0 unspecified atom stereocenters. The molecule has 6 nitrogen and oxygen atoms in total. The van der Waals surface area contributed by atoms with E-state index in [4.69, 9.17) is 12.3 Å². The molecule has 0 radical (unpaired) electrons. The van der Waals surface area contributed by atoms with Gasteiger partial charge in [0.05, 0.1) is 12.3 Å². The van der Waals surface area contributed by atoms with E-state index in [0.717, 1.165) is 23.5 Å². The lowest BCUT2D eigenvalue weighted by atomic mass is 10.1. The predicted molar refractivity (Wildman–Crippen MR) is 120 cm³/mol. The highest BCUT2D eigenvalue weighted by Crippen LogP contribution is 2.40. The van der Waals surface area contributed by atoms with Crippen LogP contribution in [0, 0.1) is 18.2 Å². The maximum Gasteiger partial charge on any atom is 0.296 e. The molecule has 8 heteroatoms. The van der Waals surface area contributed by atoms with Crippen LogP contribution < -0.4 is 16.2 Å². The molecular formula is C24H23F2N5O. The van der Waals surface area contributed by atoms with Crippen LogP contribution in [-0.4, -0.2) is 29.7 Å². The van der Waals surface area contributed by atoms with E-state index in [1.165, 1.54) is 22.6 Å². The fourth-order valence-corrected chi connectivity index (χ4v) is 3.66. The predicted octanol–water partition coefficient (Wildman–Crippen LogP) is 4.39. The number of benzene rings is 2. The largest absolute Gasteiger partial charge is 0.357 e. The Hall–Kier alpha value is -3.57. The molecule has 0 aliphatic heterocycles. The van der Waals surface area contributed by atoms with Crippen LogP contribution in [0.15, 0.2) is 47.3 Å². The summed E-state index contributed by atoms with van der Waals surface area (Å²) >= 11 is 0. The van der Waals surface area contributed by atoms with Crippen LogP contribution in [0.4, 0.5) is 20.3 Å². The normalized spacial score (nSPS) is 13.1. The van der Waals surface area contributed by atoms with E-state index in [1.54, 1.807) is 19.2 Å². The van der Waals surface area contributed by atoms with E-state index < -0.39 is 17.2 Å². The number of hydrogen-bond acceptors (Lipinski definition) is 4. The molecule has 4 rings (SSSR count). The van der Waals surface area contributed by atoms with Gasteiger partial charge in [0.2, 0.25) is 11.5 Å². The van der Waals surface area contributed by atoms with Gasteiger partial charge in [-0.05, 0) is 55.5 Å². The van der Waals surface area contributed by atoms with Crippen molar-refractivity contribution in [3.8, 4) is 17.1 Å². The lowest BCUT2D eigenvalue weighted by Gasteiger charge is -2.21. The zero-order valence-electron chi connectivity index (χ0n) is 17.7. The number of nitrogens with zero attached hydrogens (tertiary/aromatic N) is 4. The van der Waals surface area contributed by atoms with Crippen LogP contribution in [0.2, 0.25) is 0 Å². The Morgan fingerprint density at radius 2 is 1.94 bits per heavy atom. The molecule has 0 bridgehead atoms. The number of nitrogens with two attached hydrogens (primary N) is 1. The quantitative estimate of drug-likeness (QED) is 0.559. The van der Waals surface area contributed by atoms with Crippen LogP contribution in [0.5, 0.6) is 0 Å². The standard InChI is InChI=1S/C24H23F2N5O/c1-28-20-11-8-17(14-19(20)25)22-29-23(30(2)13-3-12-27)21(26)24(32)31(22)18-9-6-16(7-10-18)15-4-5-15/h6-11,14-15H,3-5,12-13,27H2,2H3. The third-order valence-electron chi connectivity index (χ3n) is 5.60. The van der Waals surface area contributed by atoms with Crippen molar-refractivity contribution in [2.75, 3.05) is 25.0 Å². The lowest BCUT2D eigenvalue weighted by molar-refractivity contribution is 0.584. The molecule has 3 aromatic rings. The molecule has 2 N–H and O–H groups in total. The van der Waals surface area contributed by atoms with Crippen molar-refractivity contribution < 1.29 is 8.78 Å². The molecule has 164 valence electrons. The molecule has 0 atom stereocenters. The summed E-state index contributed by atoms with van der Waals surface area (Å²) in [4.78, 5) is 22.2. The van der Waals surface area contributed by atoms with Crippen molar-refractivity contribution in [2.24, 2.45) is 5.73 Å². The Labute approximate surface area is 184 Å². The fourth-order valence-electron chi connectivity index (χ4n) is 3.66. The van der Waals surface area contributed by atoms with Gasteiger partial charge in [-0.15, -0.1) is 0 Å². The Bertz CT molecular complexity index is 1240. The van der Waals surface area contributed by atoms with Gasteiger partial charge < -0.3 is 10.6 Å². The second-order valence-corrected chi connectivity index (χ2v) is 7.92. The van der Waals surface area contributed by atoms with Crippen molar-refractivity contribution in [3.05, 3.63) is 81.4 Å². The first-order chi connectivity index (χ1) is 15.4. The van der Waals surface area contributed by atoms with Crippen molar-refractivity contribution in [1.29, 1.82) is 0 Å². The molecule has 0 amide bonds. The Kier molecular flexibility index (Phi) is 6.01. The number of aromatic nitrogens is 2. The molecule has 1 heterocycles. The van der Waals surface area contributed by atoms with Crippen molar-refractivity contribution >= 4 is 11.5 Å². The van der Waals surface area contributed by atoms with E-state index in [9.17, 15) is 9.18 Å². The summed E-state index contributed by atoms with van der Waals surface area (Å²) in [6.45, 7) is 7.88. The summed E-state index contributed by atoms with van der Waals surface area (Å²) in [5.41, 5.74) is 6.41. The third-order valence-corrected chi connectivity index (χ3v) is 5.60. The summed E-state index contributed by atoms with van der Waals surface area (Å²) < 4.78 is 30.7. The minimum absolute atomic E-state index is 0.0978. The van der Waals surface area contributed by atoms with Crippen molar-refractivity contribution in [3.63, 3.8) is 0 Å². The van der Waals surface area contributed by atoms with E-state index in [2.05, 4.69) is 9.83 Å². The van der Waals surface area contributed by atoms with Gasteiger partial charge in [0.1, 0.15) is 11.6 Å². The molecule has 1 fully saturated rings. The van der Waals surface area contributed by atoms with Crippen molar-refractivity contribution in [2.45, 2.75) is 25.2 Å². The minimum atomic E-state index is -0.988. The number of hydrogen-bond donors (Lipinski definition) is 1. The first-order valence-electron chi connectivity index (χ1n) is 10.5. The highest BCUT2D eigenvalue weighted by atomic mass is 19.1. The first-order valence-corrected chi connectivity index (χ1v) is 10.5. The second kappa shape index (κ2) is 8.89. The molecular weight excluding hydrogens is 412 g/mol. The summed E-state index contributed by atoms with van der Waals surface area (Å²) in [5, 5.41) is 0. The van der Waals surface area contributed by atoms with Gasteiger partial charge in [0.25, 0.3) is 5.56 Å². The average Bonchev–Trinajstić information content (AvgIpc) is 3.64. The SMILES string of the molecule is [C-]#[N+]c1ccc(-c2nc(N(C)CCCN)c(F)c(=O)n2-c2ccc(C3CC3)cc2)cc1F. The number of anilines is 1. The van der Waals surface area contributed by atoms with E-state index >= 15 is 4.39 Å². The van der Waals surface area contributed by atoms with Gasteiger partial charge in [-0.25, -0.2) is 14.2 Å². The molecule has 0 saturated heterocycles. The van der Waals surface area contributed by atoms with Gasteiger partial charge in [-0.1, -0.05) is 24.3 Å². The van der Waals surface area contributed by atoms with Gasteiger partial charge in [0.15, 0.2) is 5.82 Å². The van der Waals surface area contributed by atoms with E-state index in [1.807, 2.05) is 12.1 Å². The monoisotopic (exact) mass is 435 g/mol. The zero-order valence-corrected chi connectivity index (χ0v) is 17.7. The summed E-state index contributed by atoms with van der Waals surface area (Å²) in [6, 6.07) is 11.3. The van der Waals surface area contributed by atoms with Gasteiger partial charge >= 0.3 is 0 Å². The summed E-state index contributed by atoms with van der Waals surface area (Å²) in [6.07, 6.45) is 2.86. The summed E-state index contributed by atoms with van der Waals surface area (Å²) in [7, 11) is 1.63. The van der Waals surface area contributed by atoms with Crippen LogP contribution in [0.25, 0.3) is 21.9 Å². The molecule has 32 heavy (non-hydrogen) atoms. The smallest absolute Gasteiger partial charge is 0.296 e. The van der Waals surface area contributed by atoms with Gasteiger partial charge in [0, 0.05) is 19.2 Å². The molecule has 1 aromatic heterocycles. The van der Waals surface area contributed by atoms with Crippen LogP contribution in [0.3, 0.4) is 0 Å². The number of halogens is 2. The van der Waals surface area contributed by atoms with Gasteiger partial charge in [-0.3, -0.25) is 9.36 Å². The number of rotatable bonds is 7. The van der Waals surface area contributed by atoms with Crippen molar-refractivity contribution in [1.82, 2.24) is 9.55 Å². The first kappa shape index (κ1) is 21.7. The maximum absolute atomic E-state index is 15.2. The minimum Gasteiger partial charge on any atom is -0.357 e. The molecule has 0 spiro atoms. The van der Waals surface area contributed by atoms with Gasteiger partial charge in [-0.2, -0.15) is 4.39 Å². The van der Waals surface area contributed by atoms with E-state index in [0.29, 0.717) is 31.1 Å². The highest BCUT2D eigenvalue weighted by molar-refractivity contribution is 5.65. The fraction of sp³-hybridized carbons (Fsp3) is 0.292. The Balaban J connectivity index is 1.91. The average molecular weight is 435 g/mol.